The molecule has 2 aromatic heterocycles. The van der Waals surface area contributed by atoms with Gasteiger partial charge >= 0.3 is 0 Å². The monoisotopic (exact) mass is 407 g/mol. The molecule has 1 atom stereocenters. The van der Waals surface area contributed by atoms with Crippen molar-refractivity contribution in [3.05, 3.63) is 63.8 Å². The molecule has 0 unspecified atom stereocenters. The quantitative estimate of drug-likeness (QED) is 0.361. The minimum absolute atomic E-state index is 0.0933. The number of furan rings is 1. The lowest BCUT2D eigenvalue weighted by Crippen LogP contribution is -2.23. The molecule has 1 amide bonds. The summed E-state index contributed by atoms with van der Waals surface area (Å²) in [6.07, 6.45) is 3.14. The van der Waals surface area contributed by atoms with Crippen LogP contribution < -0.4 is 5.32 Å². The smallest absolute Gasteiger partial charge is 0.271 e. The number of hydrogen-bond donors (Lipinski definition) is 1. The van der Waals surface area contributed by atoms with E-state index in [2.05, 4.69) is 15.5 Å². The van der Waals surface area contributed by atoms with Crippen molar-refractivity contribution in [1.82, 2.24) is 14.8 Å². The Morgan fingerprint density at radius 2 is 2.30 bits per heavy atom. The molecule has 0 aliphatic rings. The predicted molar refractivity (Wildman–Crippen MR) is 99.9 cm³/mol. The van der Waals surface area contributed by atoms with E-state index in [1.807, 2.05) is 6.07 Å². The zero-order chi connectivity index (χ0) is 19.4. The number of nitrogens with one attached hydrogen (secondary N) is 1. The van der Waals surface area contributed by atoms with Crippen molar-refractivity contribution in [2.75, 3.05) is 5.32 Å². The van der Waals surface area contributed by atoms with Crippen LogP contribution >= 0.6 is 23.4 Å². The number of benzene rings is 1. The number of nitrogens with zero attached hydrogens (tertiary/aromatic N) is 4. The highest BCUT2D eigenvalue weighted by atomic mass is 35.5. The first-order valence-electron chi connectivity index (χ1n) is 7.75. The first kappa shape index (κ1) is 18.9. The SMILES string of the molecule is C[C@@H](Sc1nncn1Cc1ccco1)C(=O)Nc1ccc([N+](=O)[O-])cc1Cl. The minimum atomic E-state index is -0.554. The lowest BCUT2D eigenvalue weighted by Gasteiger charge is -2.13. The van der Waals surface area contributed by atoms with E-state index in [4.69, 9.17) is 16.0 Å². The number of non-ortho nitro benzene ring substituents is 1. The van der Waals surface area contributed by atoms with Crippen LogP contribution in [-0.4, -0.2) is 30.8 Å². The molecule has 27 heavy (non-hydrogen) atoms. The summed E-state index contributed by atoms with van der Waals surface area (Å²) in [5, 5.41) is 21.5. The average Bonchev–Trinajstić information content (AvgIpc) is 3.29. The third-order valence-electron chi connectivity index (χ3n) is 3.56. The van der Waals surface area contributed by atoms with Gasteiger partial charge in [0.1, 0.15) is 12.1 Å². The maximum Gasteiger partial charge on any atom is 0.271 e. The van der Waals surface area contributed by atoms with E-state index in [9.17, 15) is 14.9 Å². The van der Waals surface area contributed by atoms with Crippen LogP contribution in [0.1, 0.15) is 12.7 Å². The molecule has 1 aromatic carbocycles. The van der Waals surface area contributed by atoms with E-state index in [-0.39, 0.29) is 16.6 Å². The highest BCUT2D eigenvalue weighted by Gasteiger charge is 2.20. The lowest BCUT2D eigenvalue weighted by molar-refractivity contribution is -0.384. The number of rotatable bonds is 7. The van der Waals surface area contributed by atoms with Crippen LogP contribution in [0, 0.1) is 10.1 Å². The third-order valence-corrected chi connectivity index (χ3v) is 4.97. The van der Waals surface area contributed by atoms with E-state index in [0.717, 1.165) is 5.76 Å². The molecule has 0 aliphatic heterocycles. The Balaban J connectivity index is 1.65. The zero-order valence-electron chi connectivity index (χ0n) is 14.0. The molecular formula is C16H14ClN5O4S. The van der Waals surface area contributed by atoms with Gasteiger partial charge < -0.3 is 14.3 Å². The van der Waals surface area contributed by atoms with Crippen LogP contribution in [0.5, 0.6) is 0 Å². The number of carbonyl (C=O) groups excluding carboxylic acids is 1. The molecule has 3 aromatic rings. The number of amides is 1. The Bertz CT molecular complexity index is 960. The molecule has 0 radical (unpaired) electrons. The predicted octanol–water partition coefficient (Wildman–Crippen LogP) is 3.60. The van der Waals surface area contributed by atoms with Crippen molar-refractivity contribution >= 4 is 40.6 Å². The molecule has 0 fully saturated rings. The fourth-order valence-electron chi connectivity index (χ4n) is 2.18. The number of carbonyl (C=O) groups is 1. The van der Waals surface area contributed by atoms with Crippen LogP contribution in [0.2, 0.25) is 5.02 Å². The van der Waals surface area contributed by atoms with Gasteiger partial charge in [0, 0.05) is 12.1 Å². The number of thioether (sulfide) groups is 1. The molecule has 0 saturated carbocycles. The van der Waals surface area contributed by atoms with Gasteiger partial charge in [0.05, 0.1) is 33.7 Å². The molecule has 9 nitrogen and oxygen atoms in total. The molecule has 140 valence electrons. The molecule has 11 heteroatoms. The number of aromatic nitrogens is 3. The summed E-state index contributed by atoms with van der Waals surface area (Å²) in [7, 11) is 0. The second kappa shape index (κ2) is 8.23. The first-order chi connectivity index (χ1) is 12.9. The van der Waals surface area contributed by atoms with Crippen molar-refractivity contribution in [1.29, 1.82) is 0 Å². The molecular weight excluding hydrogens is 394 g/mol. The summed E-state index contributed by atoms with van der Waals surface area (Å²) in [5.41, 5.74) is 0.156. The molecule has 0 saturated heterocycles. The maximum absolute atomic E-state index is 12.4. The Kier molecular flexibility index (Phi) is 5.77. The third kappa shape index (κ3) is 4.66. The van der Waals surface area contributed by atoms with E-state index in [1.54, 1.807) is 30.1 Å². The van der Waals surface area contributed by atoms with Gasteiger partial charge in [-0.15, -0.1) is 10.2 Å². The van der Waals surface area contributed by atoms with E-state index < -0.39 is 10.2 Å². The number of anilines is 1. The van der Waals surface area contributed by atoms with Gasteiger partial charge in [-0.3, -0.25) is 14.9 Å². The van der Waals surface area contributed by atoms with E-state index >= 15 is 0 Å². The van der Waals surface area contributed by atoms with E-state index in [1.165, 1.54) is 30.0 Å². The van der Waals surface area contributed by atoms with Gasteiger partial charge in [-0.05, 0) is 25.1 Å². The minimum Gasteiger partial charge on any atom is -0.467 e. The van der Waals surface area contributed by atoms with Crippen molar-refractivity contribution in [3.63, 3.8) is 0 Å². The van der Waals surface area contributed by atoms with Crippen molar-refractivity contribution in [3.8, 4) is 0 Å². The molecule has 0 bridgehead atoms. The Hall–Kier alpha value is -2.85. The van der Waals surface area contributed by atoms with Gasteiger partial charge in [-0.1, -0.05) is 23.4 Å². The highest BCUT2D eigenvalue weighted by Crippen LogP contribution is 2.28. The topological polar surface area (TPSA) is 116 Å². The van der Waals surface area contributed by atoms with Gasteiger partial charge in [-0.2, -0.15) is 0 Å². The number of hydrogen-bond acceptors (Lipinski definition) is 7. The molecule has 0 spiro atoms. The summed E-state index contributed by atoms with van der Waals surface area (Å²) in [4.78, 5) is 22.6. The van der Waals surface area contributed by atoms with Crippen molar-refractivity contribution < 1.29 is 14.1 Å². The number of nitro benzene ring substituents is 1. The standard InChI is InChI=1S/C16H14ClN5O4S/c1-10(15(23)19-14-5-4-11(22(24)25)7-13(14)17)27-16-20-18-9-21(16)8-12-3-2-6-26-12/h2-7,9-10H,8H2,1H3,(H,19,23)/t10-/m1/s1. The highest BCUT2D eigenvalue weighted by molar-refractivity contribution is 8.00. The van der Waals surface area contributed by atoms with Gasteiger partial charge in [-0.25, -0.2) is 0 Å². The van der Waals surface area contributed by atoms with Crippen LogP contribution in [-0.2, 0) is 11.3 Å². The maximum atomic E-state index is 12.4. The Morgan fingerprint density at radius 1 is 1.48 bits per heavy atom. The molecule has 0 aliphatic carbocycles. The fraction of sp³-hybridized carbons (Fsp3) is 0.188. The van der Waals surface area contributed by atoms with Crippen molar-refractivity contribution in [2.24, 2.45) is 0 Å². The largest absolute Gasteiger partial charge is 0.467 e. The van der Waals surface area contributed by atoms with Gasteiger partial charge in [0.25, 0.3) is 5.69 Å². The second-order valence-electron chi connectivity index (χ2n) is 5.49. The summed E-state index contributed by atoms with van der Waals surface area (Å²) in [6, 6.07) is 7.49. The Morgan fingerprint density at radius 3 is 2.96 bits per heavy atom. The molecule has 3 rings (SSSR count). The van der Waals surface area contributed by atoms with Crippen LogP contribution in [0.15, 0.2) is 52.5 Å². The zero-order valence-corrected chi connectivity index (χ0v) is 15.6. The normalized spacial score (nSPS) is 11.9. The number of nitro groups is 1. The summed E-state index contributed by atoms with van der Waals surface area (Å²) < 4.78 is 7.08. The van der Waals surface area contributed by atoms with Gasteiger partial charge in [0.15, 0.2) is 5.16 Å². The fourth-order valence-corrected chi connectivity index (χ4v) is 3.23. The van der Waals surface area contributed by atoms with Crippen molar-refractivity contribution in [2.45, 2.75) is 23.9 Å². The van der Waals surface area contributed by atoms with Crippen LogP contribution in [0.25, 0.3) is 0 Å². The molecule has 2 heterocycles. The van der Waals surface area contributed by atoms with E-state index in [0.29, 0.717) is 17.4 Å². The summed E-state index contributed by atoms with van der Waals surface area (Å²) in [6.45, 7) is 2.16. The first-order valence-corrected chi connectivity index (χ1v) is 9.01. The van der Waals surface area contributed by atoms with Gasteiger partial charge in [0.2, 0.25) is 5.91 Å². The lowest BCUT2D eigenvalue weighted by atomic mass is 10.2. The summed E-state index contributed by atoms with van der Waals surface area (Å²) in [5.74, 6) is 0.426. The van der Waals surface area contributed by atoms with Crippen LogP contribution in [0.3, 0.4) is 0 Å². The number of halogens is 1. The molecule has 1 N–H and O–H groups in total. The summed E-state index contributed by atoms with van der Waals surface area (Å²) >= 11 is 7.23. The Labute approximate surface area is 162 Å². The second-order valence-corrected chi connectivity index (χ2v) is 7.21. The van der Waals surface area contributed by atoms with Crippen LogP contribution in [0.4, 0.5) is 11.4 Å². The average molecular weight is 408 g/mol.